The maximum Gasteiger partial charge on any atom is 0.346 e. The summed E-state index contributed by atoms with van der Waals surface area (Å²) in [5, 5.41) is 7.07. The number of ether oxygens (including phenoxy) is 1. The number of carbonyl (C=O) groups is 2. The highest BCUT2D eigenvalue weighted by atomic mass is 79.9. The Morgan fingerprint density at radius 3 is 2.56 bits per heavy atom. The van der Waals surface area contributed by atoms with Crippen molar-refractivity contribution in [3.8, 4) is 11.3 Å². The molecule has 0 aliphatic heterocycles. The number of carbonyl (C=O) groups excluding carboxylic acids is 2. The fourth-order valence-corrected chi connectivity index (χ4v) is 2.98. The third-order valence-corrected chi connectivity index (χ3v) is 4.58. The first kappa shape index (κ1) is 19.1. The molecule has 0 aliphatic carbocycles. The number of benzene rings is 2. The van der Waals surface area contributed by atoms with Crippen molar-refractivity contribution in [3.63, 3.8) is 0 Å². The van der Waals surface area contributed by atoms with Crippen molar-refractivity contribution in [1.29, 1.82) is 0 Å². The quantitative estimate of drug-likeness (QED) is 0.542. The fraction of sp³-hybridized carbons (Fsp3) is 0.105. The fourth-order valence-electron chi connectivity index (χ4n) is 2.39. The summed E-state index contributed by atoms with van der Waals surface area (Å²) in [5.74, 6) is -1.18. The molecular weight excluding hydrogens is 436 g/mol. The Kier molecular flexibility index (Phi) is 5.93. The molecule has 0 atom stereocenters. The van der Waals surface area contributed by atoms with Crippen molar-refractivity contribution in [1.82, 2.24) is 5.16 Å². The van der Waals surface area contributed by atoms with Gasteiger partial charge in [0.15, 0.2) is 5.56 Å². The van der Waals surface area contributed by atoms with Crippen LogP contribution in [0, 0.1) is 0 Å². The van der Waals surface area contributed by atoms with Crippen molar-refractivity contribution in [2.45, 2.75) is 6.92 Å². The van der Waals surface area contributed by atoms with Crippen LogP contribution in [0.3, 0.4) is 0 Å². The van der Waals surface area contributed by atoms with Crippen LogP contribution in [-0.4, -0.2) is 23.6 Å². The van der Waals surface area contributed by atoms with Crippen LogP contribution in [0.25, 0.3) is 11.3 Å². The van der Waals surface area contributed by atoms with Crippen LogP contribution in [0.15, 0.2) is 57.5 Å². The molecule has 8 heteroatoms. The van der Waals surface area contributed by atoms with Gasteiger partial charge in [0.1, 0.15) is 5.69 Å². The first-order valence-electron chi connectivity index (χ1n) is 8.00. The van der Waals surface area contributed by atoms with E-state index in [1.807, 2.05) is 0 Å². The van der Waals surface area contributed by atoms with Crippen LogP contribution in [0.1, 0.15) is 27.6 Å². The number of anilines is 1. The number of hydrogen-bond donors (Lipinski definition) is 1. The Bertz CT molecular complexity index is 986. The summed E-state index contributed by atoms with van der Waals surface area (Å²) in [6.45, 7) is 1.86. The number of nitrogens with one attached hydrogen (secondary N) is 1. The molecule has 1 heterocycles. The van der Waals surface area contributed by atoms with Crippen molar-refractivity contribution in [2.75, 3.05) is 11.9 Å². The molecule has 138 valence electrons. The lowest BCUT2D eigenvalue weighted by molar-refractivity contribution is 0.0528. The third kappa shape index (κ3) is 4.20. The first-order chi connectivity index (χ1) is 13.0. The largest absolute Gasteiger partial charge is 0.462 e. The summed E-state index contributed by atoms with van der Waals surface area (Å²) in [6.07, 6.45) is 0. The molecule has 0 aliphatic rings. The molecule has 6 nitrogen and oxygen atoms in total. The second kappa shape index (κ2) is 8.37. The van der Waals surface area contributed by atoms with Crippen molar-refractivity contribution < 1.29 is 18.8 Å². The van der Waals surface area contributed by atoms with E-state index in [1.54, 1.807) is 55.5 Å². The third-order valence-electron chi connectivity index (χ3n) is 3.63. The zero-order valence-corrected chi connectivity index (χ0v) is 16.5. The molecule has 0 fully saturated rings. The van der Waals surface area contributed by atoms with Gasteiger partial charge in [-0.25, -0.2) is 4.79 Å². The minimum atomic E-state index is -0.647. The summed E-state index contributed by atoms with van der Waals surface area (Å²) in [4.78, 5) is 25.0. The number of rotatable bonds is 5. The monoisotopic (exact) mass is 448 g/mol. The predicted octanol–water partition coefficient (Wildman–Crippen LogP) is 5.19. The molecule has 1 amide bonds. The van der Waals surface area contributed by atoms with Gasteiger partial charge in [0.25, 0.3) is 5.91 Å². The van der Waals surface area contributed by atoms with Gasteiger partial charge >= 0.3 is 5.97 Å². The van der Waals surface area contributed by atoms with E-state index in [-0.39, 0.29) is 23.7 Å². The highest BCUT2D eigenvalue weighted by molar-refractivity contribution is 9.10. The van der Waals surface area contributed by atoms with Crippen LogP contribution in [-0.2, 0) is 4.74 Å². The van der Waals surface area contributed by atoms with E-state index in [9.17, 15) is 9.59 Å². The minimum Gasteiger partial charge on any atom is -0.462 e. The molecule has 0 spiro atoms. The number of hydrogen-bond acceptors (Lipinski definition) is 5. The van der Waals surface area contributed by atoms with Crippen LogP contribution in [0.2, 0.25) is 5.02 Å². The van der Waals surface area contributed by atoms with E-state index in [0.717, 1.165) is 0 Å². The average Bonchev–Trinajstić information content (AvgIpc) is 3.06. The summed E-state index contributed by atoms with van der Waals surface area (Å²) in [5.41, 5.74) is 1.29. The zero-order chi connectivity index (χ0) is 19.4. The number of aromatic nitrogens is 1. The lowest BCUT2D eigenvalue weighted by Gasteiger charge is -2.07. The smallest absolute Gasteiger partial charge is 0.346 e. The zero-order valence-electron chi connectivity index (χ0n) is 14.2. The molecule has 3 aromatic rings. The van der Waals surface area contributed by atoms with Crippen LogP contribution in [0.4, 0.5) is 5.88 Å². The number of amides is 1. The van der Waals surface area contributed by atoms with Crippen molar-refractivity contribution >= 4 is 45.3 Å². The molecule has 0 unspecified atom stereocenters. The van der Waals surface area contributed by atoms with Gasteiger partial charge in [0.05, 0.1) is 12.2 Å². The summed E-state index contributed by atoms with van der Waals surface area (Å²) >= 11 is 9.23. The van der Waals surface area contributed by atoms with Crippen LogP contribution >= 0.6 is 27.5 Å². The Labute approximate surface area is 168 Å². The highest BCUT2D eigenvalue weighted by Gasteiger charge is 2.27. The summed E-state index contributed by atoms with van der Waals surface area (Å²) in [7, 11) is 0. The SMILES string of the molecule is CCOC(=O)c1c(-c2ccc(Cl)cc2)noc1NC(=O)c1ccccc1Br. The lowest BCUT2D eigenvalue weighted by Crippen LogP contribution is -2.15. The molecular formula is C19H14BrClN2O4. The van der Waals surface area contributed by atoms with Gasteiger partial charge in [-0.15, -0.1) is 0 Å². The second-order valence-corrected chi connectivity index (χ2v) is 6.69. The molecule has 2 aromatic carbocycles. The number of nitrogens with zero attached hydrogens (tertiary/aromatic N) is 1. The molecule has 0 radical (unpaired) electrons. The summed E-state index contributed by atoms with van der Waals surface area (Å²) in [6, 6.07) is 13.6. The maximum atomic E-state index is 12.6. The maximum absolute atomic E-state index is 12.6. The van der Waals surface area contributed by atoms with Crippen LogP contribution < -0.4 is 5.32 Å². The molecule has 27 heavy (non-hydrogen) atoms. The normalized spacial score (nSPS) is 10.5. The Morgan fingerprint density at radius 2 is 1.89 bits per heavy atom. The van der Waals surface area contributed by atoms with Crippen molar-refractivity contribution in [2.24, 2.45) is 0 Å². The molecule has 0 bridgehead atoms. The molecule has 3 rings (SSSR count). The van der Waals surface area contributed by atoms with E-state index in [0.29, 0.717) is 20.6 Å². The molecule has 1 aromatic heterocycles. The van der Waals surface area contributed by atoms with Gasteiger partial charge in [-0.2, -0.15) is 0 Å². The Morgan fingerprint density at radius 1 is 1.19 bits per heavy atom. The van der Waals surface area contributed by atoms with E-state index < -0.39 is 11.9 Å². The predicted molar refractivity (Wildman–Crippen MR) is 105 cm³/mol. The molecule has 0 saturated heterocycles. The highest BCUT2D eigenvalue weighted by Crippen LogP contribution is 2.31. The number of halogens is 2. The van der Waals surface area contributed by atoms with E-state index in [4.69, 9.17) is 20.9 Å². The van der Waals surface area contributed by atoms with E-state index in [2.05, 4.69) is 26.4 Å². The van der Waals surface area contributed by atoms with Gasteiger partial charge in [-0.3, -0.25) is 10.1 Å². The summed E-state index contributed by atoms with van der Waals surface area (Å²) < 4.78 is 11.0. The van der Waals surface area contributed by atoms with Gasteiger partial charge in [-0.05, 0) is 47.1 Å². The van der Waals surface area contributed by atoms with Gasteiger partial charge in [-0.1, -0.05) is 41.0 Å². The van der Waals surface area contributed by atoms with Crippen molar-refractivity contribution in [3.05, 3.63) is 69.2 Å². The lowest BCUT2D eigenvalue weighted by atomic mass is 10.1. The second-order valence-electron chi connectivity index (χ2n) is 5.40. The average molecular weight is 450 g/mol. The molecule has 1 N–H and O–H groups in total. The first-order valence-corrected chi connectivity index (χ1v) is 9.17. The van der Waals surface area contributed by atoms with Gasteiger partial charge in [0.2, 0.25) is 5.88 Å². The Hall–Kier alpha value is -2.64. The number of esters is 1. The van der Waals surface area contributed by atoms with Crippen LogP contribution in [0.5, 0.6) is 0 Å². The van der Waals surface area contributed by atoms with E-state index >= 15 is 0 Å². The minimum absolute atomic E-state index is 0.0413. The standard InChI is InChI=1S/C19H14BrClN2O4/c1-2-26-19(25)15-16(11-7-9-12(21)10-8-11)23-27-18(15)22-17(24)13-5-3-4-6-14(13)20/h3-10H,2H2,1H3,(H,22,24). The van der Waals surface area contributed by atoms with Gasteiger partial charge < -0.3 is 9.26 Å². The molecule has 0 saturated carbocycles. The van der Waals surface area contributed by atoms with Gasteiger partial charge in [0, 0.05) is 15.1 Å². The van der Waals surface area contributed by atoms with E-state index in [1.165, 1.54) is 0 Å². The Balaban J connectivity index is 2.00. The topological polar surface area (TPSA) is 81.4 Å².